The molecule has 43 heavy (non-hydrogen) atoms. The largest absolute Gasteiger partial charge is 0.416 e. The van der Waals surface area contributed by atoms with Crippen molar-refractivity contribution < 1.29 is 32.1 Å². The van der Waals surface area contributed by atoms with Crippen LogP contribution in [0.5, 0.6) is 0 Å². The van der Waals surface area contributed by atoms with Crippen LogP contribution >= 0.6 is 0 Å². The van der Waals surface area contributed by atoms with Crippen molar-refractivity contribution >= 4 is 29.7 Å². The van der Waals surface area contributed by atoms with Crippen molar-refractivity contribution in [3.05, 3.63) is 83.1 Å². The van der Waals surface area contributed by atoms with Gasteiger partial charge in [0.1, 0.15) is 17.7 Å². The standard InChI is InChI=1S/C30H30F3N7O3/c1-18-11-21(15-39(14-18)28(42)29(2)16-43-17-29)25-23-13-35-9-10-40(23,34)26(38-25)19-3-5-20(6-4-19)27(41)37-24-12-22(7-8-36-24)30(31,32)33/h3-10,12-13,18,21H,11,14-17,34H2,1-2H3/p+1/t18-,21+,40?/m0/s1. The SMILES string of the molecule is C[C@H]1C[C@@H](C2=C3C=NC=C[N+]3(N)C(c3ccc(C(=O)Nc4cc(C(F)(F)F)ccn4)cc3)=N2)CN(C(=O)C2(C)COC2)C1. The second-order valence-electron chi connectivity index (χ2n) is 11.8. The molecule has 0 aliphatic carbocycles. The summed E-state index contributed by atoms with van der Waals surface area (Å²) in [6.07, 6.45) is 2.28. The molecule has 2 aromatic rings. The molecule has 1 aromatic carbocycles. The predicted octanol–water partition coefficient (Wildman–Crippen LogP) is 4.09. The smallest absolute Gasteiger partial charge is 0.379 e. The Hall–Kier alpha value is -4.20. The monoisotopic (exact) mass is 594 g/mol. The van der Waals surface area contributed by atoms with Crippen LogP contribution in [0.1, 0.15) is 41.8 Å². The number of carbonyl (C=O) groups excluding carboxylic acids is 2. The third-order valence-corrected chi connectivity index (χ3v) is 8.25. The topological polar surface area (TPSA) is 122 Å². The number of fused-ring (bicyclic) bond motifs is 1. The molecule has 3 N–H and O–H groups in total. The minimum absolute atomic E-state index is 0.0613. The summed E-state index contributed by atoms with van der Waals surface area (Å²) in [6, 6.07) is 8.10. The third kappa shape index (κ3) is 5.28. The number of nitrogens with two attached hydrogens (primary N) is 1. The highest BCUT2D eigenvalue weighted by Gasteiger charge is 2.49. The van der Waals surface area contributed by atoms with Crippen LogP contribution in [0.3, 0.4) is 0 Å². The highest BCUT2D eigenvalue weighted by molar-refractivity contribution is 6.05. The number of amides is 2. The minimum atomic E-state index is -4.56. The number of likely N-dealkylation sites (tertiary alicyclic amines) is 1. The Bertz CT molecular complexity index is 1590. The van der Waals surface area contributed by atoms with Crippen molar-refractivity contribution in [1.82, 2.24) is 9.88 Å². The maximum atomic E-state index is 13.3. The average Bonchev–Trinajstić information content (AvgIpc) is 3.28. The van der Waals surface area contributed by atoms with Crippen LogP contribution in [-0.4, -0.2) is 64.6 Å². The molecular formula is C30H31F3N7O3+. The number of quaternary nitrogens is 1. The van der Waals surface area contributed by atoms with Gasteiger partial charge in [0.05, 0.1) is 42.2 Å². The highest BCUT2D eigenvalue weighted by atomic mass is 19.4. The fourth-order valence-electron chi connectivity index (χ4n) is 5.97. The second kappa shape index (κ2) is 10.5. The van der Waals surface area contributed by atoms with E-state index < -0.39 is 23.1 Å². The summed E-state index contributed by atoms with van der Waals surface area (Å²) in [4.78, 5) is 41.2. The predicted molar refractivity (Wildman–Crippen MR) is 152 cm³/mol. The molecule has 0 saturated carbocycles. The van der Waals surface area contributed by atoms with Crippen molar-refractivity contribution in [3.63, 3.8) is 0 Å². The van der Waals surface area contributed by atoms with E-state index in [-0.39, 0.29) is 33.7 Å². The lowest BCUT2D eigenvalue weighted by atomic mass is 9.82. The first-order valence-electron chi connectivity index (χ1n) is 13.9. The Morgan fingerprint density at radius 3 is 2.58 bits per heavy atom. The summed E-state index contributed by atoms with van der Waals surface area (Å²) in [5.41, 5.74) is 0.935. The van der Waals surface area contributed by atoms with E-state index in [1.165, 1.54) is 0 Å². The fraction of sp³-hybridized carbons (Fsp3) is 0.367. The molecule has 0 spiro atoms. The molecule has 6 rings (SSSR count). The molecule has 0 radical (unpaired) electrons. The maximum absolute atomic E-state index is 13.3. The summed E-state index contributed by atoms with van der Waals surface area (Å²) >= 11 is 0. The summed E-state index contributed by atoms with van der Waals surface area (Å²) in [5, 5.41) is 2.41. The first kappa shape index (κ1) is 28.9. The summed E-state index contributed by atoms with van der Waals surface area (Å²) in [5.74, 6) is 6.89. The molecule has 0 bridgehead atoms. The van der Waals surface area contributed by atoms with Crippen LogP contribution in [0.4, 0.5) is 19.0 Å². The van der Waals surface area contributed by atoms with Gasteiger partial charge in [-0.3, -0.25) is 14.6 Å². The number of nitrogens with zero attached hydrogens (tertiary/aromatic N) is 5. The first-order valence-corrected chi connectivity index (χ1v) is 13.9. The number of ether oxygens (including phenoxy) is 1. The average molecular weight is 595 g/mol. The van der Waals surface area contributed by atoms with Gasteiger partial charge in [0.25, 0.3) is 11.7 Å². The molecule has 3 atom stereocenters. The minimum Gasteiger partial charge on any atom is -0.379 e. The van der Waals surface area contributed by atoms with Crippen LogP contribution < -0.4 is 11.2 Å². The van der Waals surface area contributed by atoms with Gasteiger partial charge in [-0.05, 0) is 55.7 Å². The highest BCUT2D eigenvalue weighted by Crippen LogP contribution is 2.40. The quantitative estimate of drug-likeness (QED) is 0.399. The van der Waals surface area contributed by atoms with Gasteiger partial charge in [0.15, 0.2) is 0 Å². The van der Waals surface area contributed by atoms with Gasteiger partial charge in [-0.15, -0.1) is 4.59 Å². The van der Waals surface area contributed by atoms with Gasteiger partial charge in [-0.1, -0.05) is 6.92 Å². The van der Waals surface area contributed by atoms with Gasteiger partial charge in [0, 0.05) is 30.8 Å². The third-order valence-electron chi connectivity index (χ3n) is 8.25. The van der Waals surface area contributed by atoms with E-state index in [9.17, 15) is 22.8 Å². The second-order valence-corrected chi connectivity index (χ2v) is 11.8. The molecule has 2 saturated heterocycles. The van der Waals surface area contributed by atoms with E-state index in [2.05, 4.69) is 22.2 Å². The van der Waals surface area contributed by atoms with Gasteiger partial charge in [-0.2, -0.15) is 24.0 Å². The molecule has 1 unspecified atom stereocenters. The Morgan fingerprint density at radius 1 is 1.16 bits per heavy atom. The number of piperidine rings is 1. The van der Waals surface area contributed by atoms with Crippen molar-refractivity contribution in [2.24, 2.45) is 33.1 Å². The molecule has 4 aliphatic heterocycles. The Balaban J connectivity index is 1.24. The van der Waals surface area contributed by atoms with E-state index in [1.807, 2.05) is 11.8 Å². The van der Waals surface area contributed by atoms with Gasteiger partial charge < -0.3 is 15.0 Å². The number of amidine groups is 1. The Kier molecular flexibility index (Phi) is 7.06. The molecule has 224 valence electrons. The number of nitrogens with one attached hydrogen (secondary N) is 1. The van der Waals surface area contributed by atoms with Crippen molar-refractivity contribution in [2.75, 3.05) is 31.6 Å². The number of benzene rings is 1. The van der Waals surface area contributed by atoms with Crippen LogP contribution in [0.2, 0.25) is 0 Å². The summed E-state index contributed by atoms with van der Waals surface area (Å²) in [7, 11) is 0. The normalized spacial score (nSPS) is 26.1. The van der Waals surface area contributed by atoms with E-state index >= 15 is 0 Å². The zero-order chi connectivity index (χ0) is 30.6. The number of pyridine rings is 1. The molecule has 2 amide bonds. The number of aromatic nitrogens is 1. The number of rotatable bonds is 5. The van der Waals surface area contributed by atoms with Crippen LogP contribution in [-0.2, 0) is 15.7 Å². The lowest BCUT2D eigenvalue weighted by molar-refractivity contribution is -0.750. The van der Waals surface area contributed by atoms with E-state index in [1.54, 1.807) is 42.9 Å². The van der Waals surface area contributed by atoms with Crippen LogP contribution in [0, 0.1) is 17.3 Å². The van der Waals surface area contributed by atoms with E-state index in [4.69, 9.17) is 15.6 Å². The molecular weight excluding hydrogens is 563 g/mol. The van der Waals surface area contributed by atoms with Gasteiger partial charge >= 0.3 is 6.18 Å². The number of anilines is 1. The van der Waals surface area contributed by atoms with Crippen molar-refractivity contribution in [2.45, 2.75) is 26.4 Å². The Morgan fingerprint density at radius 2 is 1.91 bits per heavy atom. The first-order chi connectivity index (χ1) is 20.4. The fourth-order valence-corrected chi connectivity index (χ4v) is 5.97. The van der Waals surface area contributed by atoms with Gasteiger partial charge in [-0.25, -0.2) is 4.98 Å². The molecule has 1 aromatic heterocycles. The number of allylic oxidation sites excluding steroid dienone is 1. The number of aliphatic imine (C=N–C) groups is 2. The summed E-state index contributed by atoms with van der Waals surface area (Å²) in [6.45, 7) is 6.07. The molecule has 10 nitrogen and oxygen atoms in total. The lowest BCUT2D eigenvalue weighted by Crippen LogP contribution is -2.56. The molecule has 13 heteroatoms. The number of halogens is 3. The maximum Gasteiger partial charge on any atom is 0.416 e. The van der Waals surface area contributed by atoms with Crippen LogP contribution in [0.25, 0.3) is 0 Å². The van der Waals surface area contributed by atoms with Crippen LogP contribution in [0.15, 0.2) is 76.4 Å². The van der Waals surface area contributed by atoms with Gasteiger partial charge in [0.2, 0.25) is 11.6 Å². The van der Waals surface area contributed by atoms with E-state index in [0.717, 1.165) is 30.4 Å². The van der Waals surface area contributed by atoms with Crippen molar-refractivity contribution in [1.29, 1.82) is 0 Å². The lowest BCUT2D eigenvalue weighted by Gasteiger charge is -2.44. The zero-order valence-electron chi connectivity index (χ0n) is 23.6. The molecule has 5 heterocycles. The zero-order valence-corrected chi connectivity index (χ0v) is 23.6. The molecule has 2 fully saturated rings. The molecule has 4 aliphatic rings. The number of hydrogen-bond acceptors (Lipinski definition) is 7. The summed E-state index contributed by atoms with van der Waals surface area (Å²) < 4.78 is 44.3. The van der Waals surface area contributed by atoms with E-state index in [0.29, 0.717) is 43.4 Å². The van der Waals surface area contributed by atoms with Crippen molar-refractivity contribution in [3.8, 4) is 0 Å². The number of hydrogen-bond donors (Lipinski definition) is 2. The Labute approximate surface area is 246 Å². The number of alkyl halides is 3. The number of carbonyl (C=O) groups is 2.